The molecule has 2 nitrogen and oxygen atoms in total. The van der Waals surface area contributed by atoms with Crippen LogP contribution in [-0.2, 0) is 19.9 Å². The first-order valence-corrected chi connectivity index (χ1v) is 6.87. The number of aromatic nitrogens is 1. The van der Waals surface area contributed by atoms with Crippen LogP contribution in [0.5, 0.6) is 0 Å². The van der Waals surface area contributed by atoms with Gasteiger partial charge in [-0.3, -0.25) is 4.79 Å². The minimum Gasteiger partial charge on any atom is -0.347 e. The van der Waals surface area contributed by atoms with E-state index < -0.39 is 0 Å². The van der Waals surface area contributed by atoms with Crippen molar-refractivity contribution in [1.82, 2.24) is 4.57 Å². The molecule has 0 atom stereocenters. The molecule has 0 saturated carbocycles. The fraction of sp³-hybridized carbons (Fsp3) is 0.167. The number of fused-ring (bicyclic) bond motifs is 1. The second-order valence-electron chi connectivity index (χ2n) is 5.06. The van der Waals surface area contributed by atoms with Crippen LogP contribution in [0.4, 0.5) is 0 Å². The number of nitrogens with zero attached hydrogens (tertiary/aromatic N) is 1. The third-order valence-electron chi connectivity index (χ3n) is 3.77. The lowest BCUT2D eigenvalue weighted by Gasteiger charge is -2.12. The summed E-state index contributed by atoms with van der Waals surface area (Å²) in [5, 5.41) is 0.790. The van der Waals surface area contributed by atoms with Crippen molar-refractivity contribution < 1.29 is 0 Å². The molecular formula is C18H17NO. The molecule has 0 radical (unpaired) electrons. The van der Waals surface area contributed by atoms with Crippen LogP contribution < -0.4 is 5.43 Å². The second kappa shape index (κ2) is 5.33. The molecule has 3 aromatic rings. The Hall–Kier alpha value is -2.35. The first-order chi connectivity index (χ1) is 9.75. The lowest BCUT2D eigenvalue weighted by atomic mass is 10.1. The van der Waals surface area contributed by atoms with Gasteiger partial charge < -0.3 is 4.57 Å². The molecule has 0 aliphatic rings. The Morgan fingerprint density at radius 2 is 1.60 bits per heavy atom. The molecule has 0 bridgehead atoms. The van der Waals surface area contributed by atoms with Gasteiger partial charge >= 0.3 is 0 Å². The van der Waals surface area contributed by atoms with Crippen LogP contribution in [0.2, 0.25) is 0 Å². The van der Waals surface area contributed by atoms with Crippen molar-refractivity contribution in [2.75, 3.05) is 0 Å². The van der Waals surface area contributed by atoms with E-state index in [0.29, 0.717) is 0 Å². The van der Waals surface area contributed by atoms with Gasteiger partial charge in [0.15, 0.2) is 5.43 Å². The van der Waals surface area contributed by atoms with Crippen LogP contribution in [0.15, 0.2) is 65.5 Å². The molecule has 0 aliphatic carbocycles. The molecule has 0 aliphatic heterocycles. The molecule has 0 N–H and O–H groups in total. The zero-order valence-electron chi connectivity index (χ0n) is 11.5. The summed E-state index contributed by atoms with van der Waals surface area (Å²) in [5.41, 5.74) is 3.50. The predicted molar refractivity (Wildman–Crippen MR) is 83.0 cm³/mol. The SMILES string of the molecule is Cn1c(CCc2ccccc2)cc(=O)c2ccccc21. The van der Waals surface area contributed by atoms with E-state index in [9.17, 15) is 4.79 Å². The van der Waals surface area contributed by atoms with Gasteiger partial charge in [0.2, 0.25) is 0 Å². The Labute approximate surface area is 118 Å². The number of aryl methyl sites for hydroxylation is 3. The van der Waals surface area contributed by atoms with Gasteiger partial charge in [0, 0.05) is 24.2 Å². The third kappa shape index (κ3) is 2.37. The number of hydrogen-bond acceptors (Lipinski definition) is 1. The van der Waals surface area contributed by atoms with Crippen LogP contribution >= 0.6 is 0 Å². The number of benzene rings is 2. The van der Waals surface area contributed by atoms with Crippen LogP contribution in [0.1, 0.15) is 11.3 Å². The van der Waals surface area contributed by atoms with E-state index >= 15 is 0 Å². The summed E-state index contributed by atoms with van der Waals surface area (Å²) in [6, 6.07) is 19.9. The fourth-order valence-electron chi connectivity index (χ4n) is 2.61. The maximum atomic E-state index is 12.1. The van der Waals surface area contributed by atoms with Gasteiger partial charge in [-0.1, -0.05) is 42.5 Å². The molecule has 1 heterocycles. The summed E-state index contributed by atoms with van der Waals surface area (Å²) in [5.74, 6) is 0. The van der Waals surface area contributed by atoms with Gasteiger partial charge in [0.05, 0.1) is 5.52 Å². The van der Waals surface area contributed by atoms with E-state index in [4.69, 9.17) is 0 Å². The van der Waals surface area contributed by atoms with E-state index in [1.165, 1.54) is 5.56 Å². The molecule has 0 fully saturated rings. The normalized spacial score (nSPS) is 10.8. The summed E-state index contributed by atoms with van der Waals surface area (Å²) in [7, 11) is 2.03. The minimum absolute atomic E-state index is 0.113. The monoisotopic (exact) mass is 263 g/mol. The van der Waals surface area contributed by atoms with Gasteiger partial charge in [-0.2, -0.15) is 0 Å². The smallest absolute Gasteiger partial charge is 0.189 e. The largest absolute Gasteiger partial charge is 0.347 e. The van der Waals surface area contributed by atoms with E-state index in [-0.39, 0.29) is 5.43 Å². The minimum atomic E-state index is 0.113. The molecule has 0 spiro atoms. The summed E-state index contributed by atoms with van der Waals surface area (Å²) < 4.78 is 2.12. The summed E-state index contributed by atoms with van der Waals surface area (Å²) in [6.07, 6.45) is 1.83. The van der Waals surface area contributed by atoms with Crippen molar-refractivity contribution in [3.8, 4) is 0 Å². The molecule has 3 rings (SSSR count). The number of hydrogen-bond donors (Lipinski definition) is 0. The fourth-order valence-corrected chi connectivity index (χ4v) is 2.61. The first kappa shape index (κ1) is 12.7. The molecule has 0 unspecified atom stereocenters. The molecule has 0 saturated heterocycles. The van der Waals surface area contributed by atoms with Gasteiger partial charge in [-0.15, -0.1) is 0 Å². The van der Waals surface area contributed by atoms with Crippen molar-refractivity contribution in [3.05, 3.63) is 82.1 Å². The Balaban J connectivity index is 1.96. The average Bonchev–Trinajstić information content (AvgIpc) is 2.50. The summed E-state index contributed by atoms with van der Waals surface area (Å²) in [6.45, 7) is 0. The van der Waals surface area contributed by atoms with E-state index in [1.807, 2.05) is 37.4 Å². The van der Waals surface area contributed by atoms with Crippen molar-refractivity contribution in [1.29, 1.82) is 0 Å². The van der Waals surface area contributed by atoms with Crippen molar-refractivity contribution in [2.45, 2.75) is 12.8 Å². The van der Waals surface area contributed by atoms with E-state index in [0.717, 1.165) is 29.4 Å². The van der Waals surface area contributed by atoms with Crippen LogP contribution in [0.3, 0.4) is 0 Å². The quantitative estimate of drug-likeness (QED) is 0.710. The lowest BCUT2D eigenvalue weighted by molar-refractivity contribution is 0.806. The van der Waals surface area contributed by atoms with E-state index in [2.05, 4.69) is 28.8 Å². The molecule has 2 aromatic carbocycles. The highest BCUT2D eigenvalue weighted by atomic mass is 16.1. The third-order valence-corrected chi connectivity index (χ3v) is 3.77. The maximum Gasteiger partial charge on any atom is 0.189 e. The Morgan fingerprint density at radius 3 is 2.40 bits per heavy atom. The zero-order chi connectivity index (χ0) is 13.9. The van der Waals surface area contributed by atoms with Crippen molar-refractivity contribution in [3.63, 3.8) is 0 Å². The van der Waals surface area contributed by atoms with Crippen molar-refractivity contribution in [2.24, 2.45) is 7.05 Å². The molecule has 0 amide bonds. The van der Waals surface area contributed by atoms with Gasteiger partial charge in [0.1, 0.15) is 0 Å². The van der Waals surface area contributed by atoms with Gasteiger partial charge in [0.25, 0.3) is 0 Å². The predicted octanol–water partition coefficient (Wildman–Crippen LogP) is 3.32. The average molecular weight is 263 g/mol. The van der Waals surface area contributed by atoms with E-state index in [1.54, 1.807) is 6.07 Å². The lowest BCUT2D eigenvalue weighted by Crippen LogP contribution is -2.12. The highest BCUT2D eigenvalue weighted by molar-refractivity contribution is 5.79. The molecular weight excluding hydrogens is 246 g/mol. The first-order valence-electron chi connectivity index (χ1n) is 6.87. The summed E-state index contributed by atoms with van der Waals surface area (Å²) >= 11 is 0. The Morgan fingerprint density at radius 1 is 0.900 bits per heavy atom. The zero-order valence-corrected chi connectivity index (χ0v) is 11.5. The maximum absolute atomic E-state index is 12.1. The van der Waals surface area contributed by atoms with Gasteiger partial charge in [-0.25, -0.2) is 0 Å². The van der Waals surface area contributed by atoms with Gasteiger partial charge in [-0.05, 0) is 30.5 Å². The molecule has 20 heavy (non-hydrogen) atoms. The van der Waals surface area contributed by atoms with Crippen molar-refractivity contribution >= 4 is 10.9 Å². The highest BCUT2D eigenvalue weighted by Crippen LogP contribution is 2.13. The van der Waals surface area contributed by atoms with Crippen LogP contribution in [0, 0.1) is 0 Å². The van der Waals surface area contributed by atoms with Crippen LogP contribution in [0.25, 0.3) is 10.9 Å². The standard InChI is InChI=1S/C18H17NO/c1-19-15(12-11-14-7-3-2-4-8-14)13-18(20)16-9-5-6-10-17(16)19/h2-10,13H,11-12H2,1H3. The Bertz CT molecular complexity index is 787. The second-order valence-corrected chi connectivity index (χ2v) is 5.06. The molecule has 100 valence electrons. The number of rotatable bonds is 3. The van der Waals surface area contributed by atoms with Crippen LogP contribution in [-0.4, -0.2) is 4.57 Å². The number of pyridine rings is 1. The topological polar surface area (TPSA) is 22.0 Å². The number of para-hydroxylation sites is 1. The molecule has 1 aromatic heterocycles. The Kier molecular flexibility index (Phi) is 3.38. The molecule has 2 heteroatoms. The summed E-state index contributed by atoms with van der Waals surface area (Å²) in [4.78, 5) is 12.1. The highest BCUT2D eigenvalue weighted by Gasteiger charge is 2.05.